The van der Waals surface area contributed by atoms with E-state index in [1.54, 1.807) is 0 Å². The lowest BCUT2D eigenvalue weighted by molar-refractivity contribution is -0.385. The third-order valence-electron chi connectivity index (χ3n) is 2.88. The van der Waals surface area contributed by atoms with Crippen LogP contribution in [0.5, 0.6) is 5.75 Å². The Hall–Kier alpha value is -3.82. The number of carbonyl (C=O) groups excluding carboxylic acids is 2. The van der Waals surface area contributed by atoms with Gasteiger partial charge in [0.1, 0.15) is 5.82 Å². The van der Waals surface area contributed by atoms with Crippen molar-refractivity contribution in [2.45, 2.75) is 0 Å². The first-order valence-electron chi connectivity index (χ1n) is 6.74. The molecule has 9 nitrogen and oxygen atoms in total. The number of nitro groups is 1. The van der Waals surface area contributed by atoms with E-state index >= 15 is 0 Å². The van der Waals surface area contributed by atoms with Crippen LogP contribution < -0.4 is 10.7 Å². The van der Waals surface area contributed by atoms with Gasteiger partial charge in [-0.05, 0) is 36.4 Å². The van der Waals surface area contributed by atoms with Crippen molar-refractivity contribution in [3.05, 3.63) is 64.0 Å². The smallest absolute Gasteiger partial charge is 0.329 e. The number of aromatic hydroxyl groups is 1. The highest BCUT2D eigenvalue weighted by Crippen LogP contribution is 2.25. The molecule has 0 aliphatic rings. The van der Waals surface area contributed by atoms with Crippen LogP contribution in [0.3, 0.4) is 0 Å². The number of hydrogen-bond donors (Lipinski definition) is 3. The molecule has 3 N–H and O–H groups in total. The summed E-state index contributed by atoms with van der Waals surface area (Å²) in [5.74, 6) is -3.12. The van der Waals surface area contributed by atoms with Gasteiger partial charge < -0.3 is 10.4 Å². The largest absolute Gasteiger partial charge is 0.502 e. The first kappa shape index (κ1) is 17.5. The summed E-state index contributed by atoms with van der Waals surface area (Å²) >= 11 is 0. The molecule has 0 saturated heterocycles. The Labute approximate surface area is 139 Å². The van der Waals surface area contributed by atoms with Crippen LogP contribution in [0.4, 0.5) is 15.8 Å². The summed E-state index contributed by atoms with van der Waals surface area (Å²) in [5.41, 5.74) is 1.86. The van der Waals surface area contributed by atoms with E-state index < -0.39 is 34.0 Å². The van der Waals surface area contributed by atoms with Crippen molar-refractivity contribution in [1.82, 2.24) is 5.43 Å². The van der Waals surface area contributed by atoms with Crippen LogP contribution in [0, 0.1) is 15.9 Å². The van der Waals surface area contributed by atoms with Gasteiger partial charge in [-0.15, -0.1) is 0 Å². The maximum atomic E-state index is 12.7. The normalized spacial score (nSPS) is 10.4. The Balaban J connectivity index is 1.95. The zero-order valence-corrected chi connectivity index (χ0v) is 12.5. The molecule has 0 aliphatic carbocycles. The molecule has 0 aromatic heterocycles. The Kier molecular flexibility index (Phi) is 5.36. The molecule has 0 saturated carbocycles. The van der Waals surface area contributed by atoms with Crippen molar-refractivity contribution in [3.63, 3.8) is 0 Å². The molecule has 2 amide bonds. The minimum Gasteiger partial charge on any atom is -0.502 e. The van der Waals surface area contributed by atoms with Crippen molar-refractivity contribution < 1.29 is 24.0 Å². The van der Waals surface area contributed by atoms with Crippen molar-refractivity contribution in [2.75, 3.05) is 5.32 Å². The van der Waals surface area contributed by atoms with Crippen LogP contribution >= 0.6 is 0 Å². The van der Waals surface area contributed by atoms with Gasteiger partial charge in [-0.2, -0.15) is 5.10 Å². The number of nitrogens with one attached hydrogen (secondary N) is 2. The van der Waals surface area contributed by atoms with Crippen molar-refractivity contribution in [1.29, 1.82) is 0 Å². The Morgan fingerprint density at radius 3 is 2.48 bits per heavy atom. The number of anilines is 1. The molecular weight excluding hydrogens is 335 g/mol. The fourth-order valence-corrected chi connectivity index (χ4v) is 1.70. The second-order valence-electron chi connectivity index (χ2n) is 4.67. The van der Waals surface area contributed by atoms with Crippen LogP contribution in [0.1, 0.15) is 5.56 Å². The monoisotopic (exact) mass is 346 g/mol. The summed E-state index contributed by atoms with van der Waals surface area (Å²) in [4.78, 5) is 33.1. The Bertz CT molecular complexity index is 852. The van der Waals surface area contributed by atoms with E-state index in [4.69, 9.17) is 0 Å². The maximum Gasteiger partial charge on any atom is 0.329 e. The van der Waals surface area contributed by atoms with Crippen LogP contribution in [-0.4, -0.2) is 28.1 Å². The molecule has 2 aromatic carbocycles. The fraction of sp³-hybridized carbons (Fsp3) is 0. The average molecular weight is 346 g/mol. The molecule has 0 spiro atoms. The first-order chi connectivity index (χ1) is 11.9. The zero-order valence-electron chi connectivity index (χ0n) is 12.5. The second kappa shape index (κ2) is 7.64. The third-order valence-corrected chi connectivity index (χ3v) is 2.88. The van der Waals surface area contributed by atoms with Crippen LogP contribution in [0.25, 0.3) is 0 Å². The number of halogens is 1. The molecule has 0 bridgehead atoms. The highest BCUT2D eigenvalue weighted by molar-refractivity contribution is 6.39. The standard InChI is InChI=1S/C15H11FN4O5/c16-10-2-4-11(5-3-10)18-14(22)15(23)19-17-8-9-1-6-13(21)12(7-9)20(24)25/h1-8,21H,(H,18,22)(H,19,23)/b17-8+. The molecule has 0 heterocycles. The number of phenolic OH excluding ortho intramolecular Hbond substituents is 1. The number of rotatable bonds is 4. The number of amides is 2. The maximum absolute atomic E-state index is 12.7. The first-order valence-corrected chi connectivity index (χ1v) is 6.74. The van der Waals surface area contributed by atoms with E-state index in [0.29, 0.717) is 0 Å². The molecule has 25 heavy (non-hydrogen) atoms. The zero-order chi connectivity index (χ0) is 18.4. The number of phenols is 1. The van der Waals surface area contributed by atoms with E-state index in [-0.39, 0.29) is 11.3 Å². The number of nitro benzene ring substituents is 1. The van der Waals surface area contributed by atoms with E-state index in [1.807, 2.05) is 5.43 Å². The van der Waals surface area contributed by atoms with Crippen LogP contribution in [-0.2, 0) is 9.59 Å². The molecule has 0 unspecified atom stereocenters. The molecule has 2 rings (SSSR count). The lowest BCUT2D eigenvalue weighted by Crippen LogP contribution is -2.32. The molecule has 2 aromatic rings. The van der Waals surface area contributed by atoms with E-state index in [0.717, 1.165) is 30.5 Å². The minimum absolute atomic E-state index is 0.222. The van der Waals surface area contributed by atoms with E-state index in [1.165, 1.54) is 18.2 Å². The molecule has 0 fully saturated rings. The van der Waals surface area contributed by atoms with Crippen molar-refractivity contribution in [2.24, 2.45) is 5.10 Å². The van der Waals surface area contributed by atoms with Gasteiger partial charge in [0, 0.05) is 17.3 Å². The summed E-state index contributed by atoms with van der Waals surface area (Å²) < 4.78 is 12.7. The summed E-state index contributed by atoms with van der Waals surface area (Å²) in [6, 6.07) is 8.26. The van der Waals surface area contributed by atoms with Gasteiger partial charge in [0.25, 0.3) is 0 Å². The Morgan fingerprint density at radius 2 is 1.84 bits per heavy atom. The predicted octanol–water partition coefficient (Wildman–Crippen LogP) is 1.53. The van der Waals surface area contributed by atoms with Crippen molar-refractivity contribution >= 4 is 29.4 Å². The van der Waals surface area contributed by atoms with Crippen LogP contribution in [0.2, 0.25) is 0 Å². The highest BCUT2D eigenvalue weighted by Gasteiger charge is 2.14. The minimum atomic E-state index is -1.09. The SMILES string of the molecule is O=C(N/N=C/c1ccc(O)c([N+](=O)[O-])c1)C(=O)Nc1ccc(F)cc1. The summed E-state index contributed by atoms with van der Waals surface area (Å²) in [6.45, 7) is 0. The molecule has 10 heteroatoms. The lowest BCUT2D eigenvalue weighted by Gasteiger charge is -2.03. The van der Waals surface area contributed by atoms with Gasteiger partial charge in [0.15, 0.2) is 5.75 Å². The molecule has 128 valence electrons. The number of hydrogen-bond acceptors (Lipinski definition) is 6. The fourth-order valence-electron chi connectivity index (χ4n) is 1.70. The van der Waals surface area contributed by atoms with Gasteiger partial charge in [-0.3, -0.25) is 19.7 Å². The summed E-state index contributed by atoms with van der Waals surface area (Å²) in [5, 5.41) is 25.7. The predicted molar refractivity (Wildman–Crippen MR) is 85.5 cm³/mol. The second-order valence-corrected chi connectivity index (χ2v) is 4.67. The number of carbonyl (C=O) groups is 2. The molecule has 0 radical (unpaired) electrons. The molecular formula is C15H11FN4O5. The van der Waals surface area contributed by atoms with E-state index in [2.05, 4.69) is 10.4 Å². The van der Waals surface area contributed by atoms with Gasteiger partial charge in [0.05, 0.1) is 11.1 Å². The van der Waals surface area contributed by atoms with Crippen molar-refractivity contribution in [3.8, 4) is 5.75 Å². The highest BCUT2D eigenvalue weighted by atomic mass is 19.1. The van der Waals surface area contributed by atoms with E-state index in [9.17, 15) is 29.2 Å². The summed E-state index contributed by atoms with van der Waals surface area (Å²) in [6.07, 6.45) is 1.06. The quantitative estimate of drug-likeness (QED) is 0.334. The number of benzene rings is 2. The third kappa shape index (κ3) is 4.82. The average Bonchev–Trinajstić information content (AvgIpc) is 2.58. The van der Waals surface area contributed by atoms with Gasteiger partial charge in [-0.1, -0.05) is 0 Å². The topological polar surface area (TPSA) is 134 Å². The lowest BCUT2D eigenvalue weighted by atomic mass is 10.2. The molecule has 0 aliphatic heterocycles. The number of nitrogens with zero attached hydrogens (tertiary/aromatic N) is 2. The number of hydrazone groups is 1. The van der Waals surface area contributed by atoms with Gasteiger partial charge in [0.2, 0.25) is 0 Å². The summed E-state index contributed by atoms with van der Waals surface area (Å²) in [7, 11) is 0. The Morgan fingerprint density at radius 1 is 1.16 bits per heavy atom. The van der Waals surface area contributed by atoms with Gasteiger partial charge >= 0.3 is 17.5 Å². The molecule has 0 atom stereocenters. The van der Waals surface area contributed by atoms with Crippen LogP contribution in [0.15, 0.2) is 47.6 Å². The van der Waals surface area contributed by atoms with Gasteiger partial charge in [-0.25, -0.2) is 9.82 Å².